The van der Waals surface area contributed by atoms with Gasteiger partial charge in [0.2, 0.25) is 0 Å². The molecule has 5 nitrogen and oxygen atoms in total. The number of ether oxygens (including phenoxy) is 2. The molecule has 5 heteroatoms. The van der Waals surface area contributed by atoms with E-state index in [9.17, 15) is 4.79 Å². The summed E-state index contributed by atoms with van der Waals surface area (Å²) in [6, 6.07) is 8.22. The predicted octanol–water partition coefficient (Wildman–Crippen LogP) is 4.81. The van der Waals surface area contributed by atoms with Crippen molar-refractivity contribution in [1.82, 2.24) is 9.88 Å². The van der Waals surface area contributed by atoms with Crippen molar-refractivity contribution >= 4 is 16.7 Å². The number of ketones is 1. The summed E-state index contributed by atoms with van der Waals surface area (Å²) in [5.74, 6) is 2.08. The molecule has 166 valence electrons. The highest BCUT2D eigenvalue weighted by atomic mass is 16.5. The number of Topliss-reactive ketones (excluding diaryl/α,β-unsaturated/α-hetero) is 1. The van der Waals surface area contributed by atoms with Gasteiger partial charge in [-0.15, -0.1) is 6.58 Å². The van der Waals surface area contributed by atoms with Crippen molar-refractivity contribution in [1.29, 1.82) is 0 Å². The summed E-state index contributed by atoms with van der Waals surface area (Å²) in [6.45, 7) is 12.1. The molecule has 3 aliphatic heterocycles. The van der Waals surface area contributed by atoms with Gasteiger partial charge in [0, 0.05) is 29.6 Å². The third kappa shape index (κ3) is 4.39. The molecule has 1 aromatic heterocycles. The first-order chi connectivity index (χ1) is 14.8. The van der Waals surface area contributed by atoms with Gasteiger partial charge in [-0.1, -0.05) is 26.8 Å². The summed E-state index contributed by atoms with van der Waals surface area (Å²) in [5, 5.41) is 1.03. The van der Waals surface area contributed by atoms with E-state index in [2.05, 4.69) is 22.5 Å². The highest BCUT2D eigenvalue weighted by molar-refractivity contribution is 5.85. The fourth-order valence-electron chi connectivity index (χ4n) is 5.00. The number of benzene rings is 1. The van der Waals surface area contributed by atoms with E-state index in [-0.39, 0.29) is 24.5 Å². The lowest BCUT2D eigenvalue weighted by Gasteiger charge is -2.51. The molecule has 0 spiro atoms. The molecule has 0 aliphatic carbocycles. The second kappa shape index (κ2) is 8.71. The molecule has 5 rings (SSSR count). The average Bonchev–Trinajstić information content (AvgIpc) is 2.78. The van der Waals surface area contributed by atoms with Crippen molar-refractivity contribution < 1.29 is 14.3 Å². The van der Waals surface area contributed by atoms with E-state index in [1.54, 1.807) is 7.11 Å². The van der Waals surface area contributed by atoms with E-state index >= 15 is 0 Å². The molecular formula is C26H34N2O3. The van der Waals surface area contributed by atoms with Gasteiger partial charge in [0.1, 0.15) is 12.4 Å². The number of carbonyl (C=O) groups excluding carboxylic acids is 1. The lowest BCUT2D eigenvalue weighted by atomic mass is 9.73. The molecule has 0 saturated carbocycles. The Morgan fingerprint density at radius 1 is 1.35 bits per heavy atom. The number of pyridine rings is 1. The van der Waals surface area contributed by atoms with Crippen molar-refractivity contribution in [2.75, 3.05) is 26.8 Å². The monoisotopic (exact) mass is 422 g/mol. The minimum Gasteiger partial charge on any atom is -0.497 e. The Labute approximate surface area is 185 Å². The zero-order chi connectivity index (χ0) is 22.2. The van der Waals surface area contributed by atoms with E-state index in [0.717, 1.165) is 41.7 Å². The second-order valence-corrected chi connectivity index (χ2v) is 9.93. The van der Waals surface area contributed by atoms with Crippen LogP contribution in [0.4, 0.5) is 0 Å². The van der Waals surface area contributed by atoms with Gasteiger partial charge in [0.15, 0.2) is 5.78 Å². The van der Waals surface area contributed by atoms with E-state index in [1.165, 1.54) is 6.42 Å². The van der Waals surface area contributed by atoms with Gasteiger partial charge in [-0.2, -0.15) is 0 Å². The molecule has 2 bridgehead atoms. The Balaban J connectivity index is 1.72. The normalized spacial score (nSPS) is 26.6. The Morgan fingerprint density at radius 3 is 2.81 bits per heavy atom. The van der Waals surface area contributed by atoms with Crippen molar-refractivity contribution in [2.24, 2.45) is 17.3 Å². The van der Waals surface area contributed by atoms with E-state index in [1.807, 2.05) is 51.2 Å². The van der Waals surface area contributed by atoms with Crippen LogP contribution in [0, 0.1) is 17.3 Å². The molecule has 3 aliphatic rings. The van der Waals surface area contributed by atoms with E-state index in [4.69, 9.17) is 9.47 Å². The van der Waals surface area contributed by atoms with Gasteiger partial charge in [0.05, 0.1) is 18.7 Å². The Kier molecular flexibility index (Phi) is 6.18. The van der Waals surface area contributed by atoms with Crippen LogP contribution in [-0.4, -0.2) is 48.5 Å². The number of hydrogen-bond acceptors (Lipinski definition) is 5. The summed E-state index contributed by atoms with van der Waals surface area (Å²) in [5.41, 5.74) is 1.57. The van der Waals surface area contributed by atoms with Crippen LogP contribution in [0.15, 0.2) is 43.1 Å². The molecular weight excluding hydrogens is 388 g/mol. The molecule has 2 unspecified atom stereocenters. The van der Waals surface area contributed by atoms with Gasteiger partial charge in [-0.05, 0) is 61.1 Å². The van der Waals surface area contributed by atoms with Crippen LogP contribution < -0.4 is 4.74 Å². The van der Waals surface area contributed by atoms with Crippen molar-refractivity contribution in [3.05, 3.63) is 48.7 Å². The summed E-state index contributed by atoms with van der Waals surface area (Å²) in [6.07, 6.45) is 6.01. The number of rotatable bonds is 7. The molecule has 0 amide bonds. The number of methoxy groups -OCH3 is 1. The number of nitrogens with zero attached hydrogens (tertiary/aromatic N) is 2. The molecule has 4 heterocycles. The number of hydrogen-bond donors (Lipinski definition) is 0. The van der Waals surface area contributed by atoms with Crippen molar-refractivity contribution in [3.63, 3.8) is 0 Å². The summed E-state index contributed by atoms with van der Waals surface area (Å²) < 4.78 is 12.0. The molecule has 2 aromatic rings. The van der Waals surface area contributed by atoms with Crippen molar-refractivity contribution in [2.45, 2.75) is 45.8 Å². The van der Waals surface area contributed by atoms with Gasteiger partial charge < -0.3 is 9.47 Å². The molecule has 3 saturated heterocycles. The fourth-order valence-corrected chi connectivity index (χ4v) is 5.00. The maximum atomic E-state index is 12.7. The van der Waals surface area contributed by atoms with Crippen molar-refractivity contribution in [3.8, 4) is 5.75 Å². The maximum Gasteiger partial charge on any atom is 0.163 e. The SMILES string of the molecule is C=C[C@H]1CN2CCC1C[C@@H]2[C@@H](OCC(=O)C(C)(C)C)c1ccnc2ccc(OC)cc12. The minimum atomic E-state index is -0.423. The maximum absolute atomic E-state index is 12.7. The standard InChI is InChI=1S/C26H34N2O3/c1-6-17-15-28-12-10-18(17)13-23(28)25(31-16-24(29)26(2,3)4)20-9-11-27-22-8-7-19(30-5)14-21(20)22/h6-9,11,14,17-18,23,25H,1,10,12-13,15-16H2,2-5H3/t17-,18?,23+,25-/m0/s1. The Morgan fingerprint density at radius 2 is 2.16 bits per heavy atom. The van der Waals surface area contributed by atoms with Crippen LogP contribution in [0.1, 0.15) is 45.3 Å². The van der Waals surface area contributed by atoms with Gasteiger partial charge >= 0.3 is 0 Å². The molecule has 0 radical (unpaired) electrons. The third-order valence-electron chi connectivity index (χ3n) is 7.02. The zero-order valence-corrected chi connectivity index (χ0v) is 19.1. The number of aromatic nitrogens is 1. The first-order valence-corrected chi connectivity index (χ1v) is 11.3. The topological polar surface area (TPSA) is 51.7 Å². The molecule has 3 fully saturated rings. The molecule has 0 N–H and O–H groups in total. The molecule has 5 atom stereocenters. The Hall–Kier alpha value is -2.24. The lowest BCUT2D eigenvalue weighted by Crippen LogP contribution is -2.55. The summed E-state index contributed by atoms with van der Waals surface area (Å²) in [7, 11) is 1.68. The van der Waals surface area contributed by atoms with Crippen LogP contribution in [0.25, 0.3) is 10.9 Å². The van der Waals surface area contributed by atoms with Gasteiger partial charge in [0.25, 0.3) is 0 Å². The fraction of sp³-hybridized carbons (Fsp3) is 0.538. The molecule has 1 aromatic carbocycles. The highest BCUT2D eigenvalue weighted by Gasteiger charge is 2.43. The largest absolute Gasteiger partial charge is 0.497 e. The first-order valence-electron chi connectivity index (χ1n) is 11.3. The van der Waals surface area contributed by atoms with E-state index < -0.39 is 5.41 Å². The quantitative estimate of drug-likeness (QED) is 0.599. The first kappa shape index (κ1) is 22.0. The lowest BCUT2D eigenvalue weighted by molar-refractivity contribution is -0.137. The van der Waals surface area contributed by atoms with Crippen LogP contribution in [0.5, 0.6) is 5.75 Å². The number of piperidine rings is 3. The molecule has 31 heavy (non-hydrogen) atoms. The van der Waals surface area contributed by atoms with Crippen LogP contribution in [-0.2, 0) is 9.53 Å². The zero-order valence-electron chi connectivity index (χ0n) is 19.1. The number of carbonyl (C=O) groups is 1. The smallest absolute Gasteiger partial charge is 0.163 e. The van der Waals surface area contributed by atoms with E-state index in [0.29, 0.717) is 11.8 Å². The van der Waals surface area contributed by atoms with Crippen LogP contribution >= 0.6 is 0 Å². The number of fused-ring (bicyclic) bond motifs is 4. The average molecular weight is 423 g/mol. The third-order valence-corrected chi connectivity index (χ3v) is 7.02. The van der Waals surface area contributed by atoms with Gasteiger partial charge in [-0.25, -0.2) is 0 Å². The minimum absolute atomic E-state index is 0.113. The van der Waals surface area contributed by atoms with Crippen LogP contribution in [0.2, 0.25) is 0 Å². The predicted molar refractivity (Wildman–Crippen MR) is 123 cm³/mol. The summed E-state index contributed by atoms with van der Waals surface area (Å²) >= 11 is 0. The summed E-state index contributed by atoms with van der Waals surface area (Å²) in [4.78, 5) is 19.8. The highest BCUT2D eigenvalue weighted by Crippen LogP contribution is 2.43. The van der Waals surface area contributed by atoms with Crippen LogP contribution in [0.3, 0.4) is 0 Å². The second-order valence-electron chi connectivity index (χ2n) is 9.93. The van der Waals surface area contributed by atoms with Gasteiger partial charge in [-0.3, -0.25) is 14.7 Å². The Bertz CT molecular complexity index is 965.